The van der Waals surface area contributed by atoms with Crippen LogP contribution >= 0.6 is 0 Å². The summed E-state index contributed by atoms with van der Waals surface area (Å²) in [4.78, 5) is 25.9. The van der Waals surface area contributed by atoms with E-state index in [9.17, 15) is 18.0 Å². The SMILES string of the molecule is CS(=O)(=O)OC1CCC(N2C(=O)c3ccccc3C2=O)C1. The Kier molecular flexibility index (Phi) is 3.33. The largest absolute Gasteiger partial charge is 0.271 e. The monoisotopic (exact) mass is 309 g/mol. The first-order valence-electron chi connectivity index (χ1n) is 6.72. The molecular weight excluding hydrogens is 294 g/mol. The summed E-state index contributed by atoms with van der Waals surface area (Å²) in [7, 11) is -3.52. The summed E-state index contributed by atoms with van der Waals surface area (Å²) >= 11 is 0. The van der Waals surface area contributed by atoms with Crippen LogP contribution in [0.15, 0.2) is 24.3 Å². The molecule has 1 aliphatic heterocycles. The quantitative estimate of drug-likeness (QED) is 0.618. The minimum atomic E-state index is -3.52. The van der Waals surface area contributed by atoms with Crippen LogP contribution in [0.2, 0.25) is 0 Å². The molecule has 7 heteroatoms. The van der Waals surface area contributed by atoms with Gasteiger partial charge in [-0.3, -0.25) is 18.7 Å². The first-order chi connectivity index (χ1) is 9.87. The van der Waals surface area contributed by atoms with Crippen molar-refractivity contribution in [2.24, 2.45) is 0 Å². The number of carbonyl (C=O) groups excluding carboxylic acids is 2. The zero-order valence-electron chi connectivity index (χ0n) is 11.5. The molecule has 6 nitrogen and oxygen atoms in total. The summed E-state index contributed by atoms with van der Waals surface area (Å²) in [6.45, 7) is 0. The standard InChI is InChI=1S/C14H15NO5S/c1-21(18,19)20-10-7-6-9(8-10)15-13(16)11-4-2-3-5-12(11)14(15)17/h2-5,9-10H,6-8H2,1H3. The number of fused-ring (bicyclic) bond motifs is 1. The van der Waals surface area contributed by atoms with Gasteiger partial charge in [0.05, 0.1) is 23.5 Å². The maximum Gasteiger partial charge on any atom is 0.264 e. The van der Waals surface area contributed by atoms with Gasteiger partial charge in [-0.2, -0.15) is 8.42 Å². The maximum absolute atomic E-state index is 12.3. The van der Waals surface area contributed by atoms with Gasteiger partial charge in [0.25, 0.3) is 21.9 Å². The van der Waals surface area contributed by atoms with Crippen LogP contribution in [0.1, 0.15) is 40.0 Å². The number of hydrogen-bond acceptors (Lipinski definition) is 5. The molecule has 3 rings (SSSR count). The van der Waals surface area contributed by atoms with Gasteiger partial charge in [0.1, 0.15) is 0 Å². The molecule has 2 atom stereocenters. The molecule has 0 saturated heterocycles. The minimum Gasteiger partial charge on any atom is -0.271 e. The molecule has 0 bridgehead atoms. The maximum atomic E-state index is 12.3. The van der Waals surface area contributed by atoms with E-state index in [-0.39, 0.29) is 17.9 Å². The molecule has 1 aromatic carbocycles. The Hall–Kier alpha value is -1.73. The first kappa shape index (κ1) is 14.2. The van der Waals surface area contributed by atoms with Crippen molar-refractivity contribution in [2.45, 2.75) is 31.4 Å². The van der Waals surface area contributed by atoms with Gasteiger partial charge in [-0.05, 0) is 31.4 Å². The fraction of sp³-hybridized carbons (Fsp3) is 0.429. The highest BCUT2D eigenvalue weighted by molar-refractivity contribution is 7.86. The van der Waals surface area contributed by atoms with Crippen molar-refractivity contribution in [3.8, 4) is 0 Å². The summed E-state index contributed by atoms with van der Waals surface area (Å²) < 4.78 is 27.3. The Bertz CT molecular complexity index is 677. The second kappa shape index (κ2) is 4.92. The zero-order valence-corrected chi connectivity index (χ0v) is 12.3. The van der Waals surface area contributed by atoms with Crippen LogP contribution in [-0.2, 0) is 14.3 Å². The number of amides is 2. The summed E-state index contributed by atoms with van der Waals surface area (Å²) in [6, 6.07) is 6.41. The van der Waals surface area contributed by atoms with E-state index >= 15 is 0 Å². The second-order valence-electron chi connectivity index (χ2n) is 5.42. The van der Waals surface area contributed by atoms with Gasteiger partial charge in [-0.25, -0.2) is 0 Å². The van der Waals surface area contributed by atoms with E-state index < -0.39 is 16.2 Å². The number of rotatable bonds is 3. The lowest BCUT2D eigenvalue weighted by Crippen LogP contribution is -2.38. The molecule has 1 saturated carbocycles. The van der Waals surface area contributed by atoms with Crippen molar-refractivity contribution in [2.75, 3.05) is 6.26 Å². The number of carbonyl (C=O) groups is 2. The summed E-state index contributed by atoms with van der Waals surface area (Å²) in [5.41, 5.74) is 0.824. The van der Waals surface area contributed by atoms with Crippen LogP contribution in [0.25, 0.3) is 0 Å². The van der Waals surface area contributed by atoms with Crippen LogP contribution in [0, 0.1) is 0 Å². The van der Waals surface area contributed by atoms with E-state index in [1.54, 1.807) is 24.3 Å². The second-order valence-corrected chi connectivity index (χ2v) is 7.02. The summed E-state index contributed by atoms with van der Waals surface area (Å²) in [5.74, 6) is -0.610. The van der Waals surface area contributed by atoms with Crippen LogP contribution < -0.4 is 0 Å². The molecule has 2 aliphatic rings. The molecule has 1 heterocycles. The molecule has 0 radical (unpaired) electrons. The third-order valence-corrected chi connectivity index (χ3v) is 4.48. The van der Waals surface area contributed by atoms with Crippen LogP contribution in [0.4, 0.5) is 0 Å². The lowest BCUT2D eigenvalue weighted by Gasteiger charge is -2.21. The average molecular weight is 309 g/mol. The molecule has 0 N–H and O–H groups in total. The average Bonchev–Trinajstić information content (AvgIpc) is 2.93. The Morgan fingerprint density at radius 3 is 2.19 bits per heavy atom. The Morgan fingerprint density at radius 2 is 1.67 bits per heavy atom. The van der Waals surface area contributed by atoms with Gasteiger partial charge in [-0.1, -0.05) is 12.1 Å². The first-order valence-corrected chi connectivity index (χ1v) is 8.53. The van der Waals surface area contributed by atoms with Crippen LogP contribution in [0.5, 0.6) is 0 Å². The van der Waals surface area contributed by atoms with E-state index in [0.717, 1.165) is 6.26 Å². The lowest BCUT2D eigenvalue weighted by molar-refractivity contribution is 0.0580. The van der Waals surface area contributed by atoms with E-state index in [4.69, 9.17) is 4.18 Å². The van der Waals surface area contributed by atoms with E-state index in [0.29, 0.717) is 30.4 Å². The minimum absolute atomic E-state index is 0.302. The number of imide groups is 1. The van der Waals surface area contributed by atoms with Gasteiger partial charge >= 0.3 is 0 Å². The number of hydrogen-bond donors (Lipinski definition) is 0. The van der Waals surface area contributed by atoms with Gasteiger partial charge in [0, 0.05) is 6.04 Å². The molecule has 1 fully saturated rings. The molecule has 0 aromatic heterocycles. The van der Waals surface area contributed by atoms with Crippen molar-refractivity contribution < 1.29 is 22.2 Å². The number of nitrogens with zero attached hydrogens (tertiary/aromatic N) is 1. The third-order valence-electron chi connectivity index (χ3n) is 3.86. The highest BCUT2D eigenvalue weighted by Gasteiger charge is 2.43. The molecule has 112 valence electrons. The van der Waals surface area contributed by atoms with Crippen molar-refractivity contribution in [1.82, 2.24) is 4.90 Å². The van der Waals surface area contributed by atoms with Crippen LogP contribution in [0.3, 0.4) is 0 Å². The molecular formula is C14H15NO5S. The van der Waals surface area contributed by atoms with E-state index in [1.165, 1.54) is 4.90 Å². The Morgan fingerprint density at radius 1 is 1.10 bits per heavy atom. The molecule has 2 amide bonds. The molecule has 21 heavy (non-hydrogen) atoms. The van der Waals surface area contributed by atoms with Gasteiger partial charge in [0.2, 0.25) is 0 Å². The Labute approximate surface area is 122 Å². The van der Waals surface area contributed by atoms with E-state index in [2.05, 4.69) is 0 Å². The van der Waals surface area contributed by atoms with Gasteiger partial charge in [0.15, 0.2) is 0 Å². The van der Waals surface area contributed by atoms with E-state index in [1.807, 2.05) is 0 Å². The summed E-state index contributed by atoms with van der Waals surface area (Å²) in [6.07, 6.45) is 1.98. The normalized spacial score (nSPS) is 25.5. The third kappa shape index (κ3) is 2.58. The molecule has 1 aromatic rings. The van der Waals surface area contributed by atoms with Crippen LogP contribution in [-0.4, -0.2) is 43.5 Å². The highest BCUT2D eigenvalue weighted by Crippen LogP contribution is 2.33. The van der Waals surface area contributed by atoms with Crippen molar-refractivity contribution >= 4 is 21.9 Å². The van der Waals surface area contributed by atoms with Crippen molar-refractivity contribution in [3.05, 3.63) is 35.4 Å². The van der Waals surface area contributed by atoms with Gasteiger partial charge < -0.3 is 0 Å². The fourth-order valence-electron chi connectivity index (χ4n) is 3.03. The van der Waals surface area contributed by atoms with Gasteiger partial charge in [-0.15, -0.1) is 0 Å². The molecule has 1 aliphatic carbocycles. The highest BCUT2D eigenvalue weighted by atomic mass is 32.2. The molecule has 0 spiro atoms. The predicted octanol–water partition coefficient (Wildman–Crippen LogP) is 1.18. The number of benzene rings is 1. The van der Waals surface area contributed by atoms with Crippen molar-refractivity contribution in [1.29, 1.82) is 0 Å². The lowest BCUT2D eigenvalue weighted by atomic mass is 10.1. The zero-order chi connectivity index (χ0) is 15.2. The predicted molar refractivity (Wildman–Crippen MR) is 74.3 cm³/mol. The smallest absolute Gasteiger partial charge is 0.264 e. The molecule has 2 unspecified atom stereocenters. The topological polar surface area (TPSA) is 80.8 Å². The fourth-order valence-corrected chi connectivity index (χ4v) is 3.70. The summed E-state index contributed by atoms with van der Waals surface area (Å²) in [5, 5.41) is 0. The Balaban J connectivity index is 1.78. The van der Waals surface area contributed by atoms with Crippen molar-refractivity contribution in [3.63, 3.8) is 0 Å².